The van der Waals surface area contributed by atoms with E-state index in [0.717, 1.165) is 29.4 Å². The molecule has 3 aromatic carbocycles. The second-order valence-corrected chi connectivity index (χ2v) is 11.1. The van der Waals surface area contributed by atoms with Gasteiger partial charge in [-0.2, -0.15) is 0 Å². The quantitative estimate of drug-likeness (QED) is 0.401. The molecule has 190 valence electrons. The maximum atomic E-state index is 13.2. The maximum absolute atomic E-state index is 13.2. The van der Waals surface area contributed by atoms with Crippen LogP contribution in [-0.2, 0) is 10.0 Å². The van der Waals surface area contributed by atoms with Crippen LogP contribution in [0.5, 0.6) is 5.75 Å². The van der Waals surface area contributed by atoms with Crippen molar-refractivity contribution < 1.29 is 17.9 Å². The molecule has 0 saturated carbocycles. The number of carbonyl (C=O) groups is 1. The Kier molecular flexibility index (Phi) is 8.11. The van der Waals surface area contributed by atoms with Gasteiger partial charge < -0.3 is 14.5 Å². The Morgan fingerprint density at radius 3 is 2.06 bits per heavy atom. The molecule has 0 aliphatic carbocycles. The van der Waals surface area contributed by atoms with E-state index in [2.05, 4.69) is 4.90 Å². The summed E-state index contributed by atoms with van der Waals surface area (Å²) in [6.45, 7) is 4.81. The number of anilines is 2. The van der Waals surface area contributed by atoms with Crippen LogP contribution >= 0.6 is 11.8 Å². The van der Waals surface area contributed by atoms with Gasteiger partial charge in [-0.3, -0.25) is 9.10 Å². The van der Waals surface area contributed by atoms with Gasteiger partial charge in [0.25, 0.3) is 15.9 Å². The molecule has 36 heavy (non-hydrogen) atoms. The average Bonchev–Trinajstić information content (AvgIpc) is 2.93. The number of ether oxygens (including phenoxy) is 1. The summed E-state index contributed by atoms with van der Waals surface area (Å²) in [5, 5.41) is 0. The molecule has 7 nitrogen and oxygen atoms in total. The van der Waals surface area contributed by atoms with Crippen molar-refractivity contribution in [3.8, 4) is 5.75 Å². The minimum atomic E-state index is -3.70. The molecule has 0 atom stereocenters. The molecule has 1 aliphatic heterocycles. The normalized spacial score (nSPS) is 14.0. The predicted octanol–water partition coefficient (Wildman–Crippen LogP) is 4.59. The highest BCUT2D eigenvalue weighted by Gasteiger charge is 2.25. The predicted molar refractivity (Wildman–Crippen MR) is 146 cm³/mol. The number of hydrogen-bond donors (Lipinski definition) is 0. The lowest BCUT2D eigenvalue weighted by molar-refractivity contribution is 0.0747. The van der Waals surface area contributed by atoms with Crippen LogP contribution in [-0.4, -0.2) is 65.3 Å². The summed E-state index contributed by atoms with van der Waals surface area (Å²) < 4.78 is 33.1. The molecule has 9 heteroatoms. The third-order valence-corrected chi connectivity index (χ3v) is 9.00. The Morgan fingerprint density at radius 2 is 1.53 bits per heavy atom. The van der Waals surface area contributed by atoms with Gasteiger partial charge >= 0.3 is 0 Å². The summed E-state index contributed by atoms with van der Waals surface area (Å²) in [6, 6.07) is 21.6. The van der Waals surface area contributed by atoms with Crippen molar-refractivity contribution in [2.24, 2.45) is 0 Å². The molecular weight excluding hydrogens is 494 g/mol. The summed E-state index contributed by atoms with van der Waals surface area (Å²) in [7, 11) is -2.06. The number of amides is 1. The van der Waals surface area contributed by atoms with E-state index < -0.39 is 10.0 Å². The summed E-state index contributed by atoms with van der Waals surface area (Å²) in [6.07, 6.45) is 1.95. The van der Waals surface area contributed by atoms with Crippen molar-refractivity contribution in [2.45, 2.75) is 16.7 Å². The molecule has 0 aromatic heterocycles. The van der Waals surface area contributed by atoms with E-state index in [1.54, 1.807) is 62.2 Å². The standard InChI is InChI=1S/C27H31N3O4S2/c1-4-30(36(32,33)26-15-13-25(35-3)14-16-26)23-7-5-21(6-8-23)27(31)29-19-17-28(18-20-29)22-9-11-24(34-2)12-10-22/h5-16H,4,17-20H2,1-3H3. The molecule has 1 heterocycles. The fourth-order valence-electron chi connectivity index (χ4n) is 4.28. The Hall–Kier alpha value is -3.17. The van der Waals surface area contributed by atoms with Gasteiger partial charge in [-0.1, -0.05) is 0 Å². The highest BCUT2D eigenvalue weighted by molar-refractivity contribution is 7.98. The number of piperazine rings is 1. The van der Waals surface area contributed by atoms with E-state index in [-0.39, 0.29) is 17.3 Å². The van der Waals surface area contributed by atoms with Gasteiger partial charge in [0.15, 0.2) is 0 Å². The number of carbonyl (C=O) groups excluding carboxylic acids is 1. The zero-order valence-electron chi connectivity index (χ0n) is 20.8. The number of methoxy groups -OCH3 is 1. The smallest absolute Gasteiger partial charge is 0.264 e. The number of thioether (sulfide) groups is 1. The van der Waals surface area contributed by atoms with Gasteiger partial charge in [0, 0.05) is 48.9 Å². The lowest BCUT2D eigenvalue weighted by Gasteiger charge is -2.36. The Balaban J connectivity index is 1.42. The molecule has 1 fully saturated rings. The molecule has 0 spiro atoms. The van der Waals surface area contributed by atoms with Gasteiger partial charge in [0.2, 0.25) is 0 Å². The number of benzene rings is 3. The number of hydrogen-bond acceptors (Lipinski definition) is 6. The lowest BCUT2D eigenvalue weighted by atomic mass is 10.1. The molecule has 0 N–H and O–H groups in total. The van der Waals surface area contributed by atoms with Crippen molar-refractivity contribution in [1.82, 2.24) is 4.90 Å². The van der Waals surface area contributed by atoms with Gasteiger partial charge in [-0.05, 0) is 86.0 Å². The Morgan fingerprint density at radius 1 is 0.917 bits per heavy atom. The summed E-state index contributed by atoms with van der Waals surface area (Å²) in [4.78, 5) is 18.5. The fourth-order valence-corrected chi connectivity index (χ4v) is 6.16. The number of sulfonamides is 1. The second kappa shape index (κ2) is 11.3. The third kappa shape index (κ3) is 5.47. The Bertz CT molecular complexity index is 1270. The SMILES string of the molecule is CCN(c1ccc(C(=O)N2CCN(c3ccc(OC)cc3)CC2)cc1)S(=O)(=O)c1ccc(SC)cc1. The highest BCUT2D eigenvalue weighted by atomic mass is 32.2. The monoisotopic (exact) mass is 525 g/mol. The first kappa shape index (κ1) is 25.9. The van der Waals surface area contributed by atoms with Crippen molar-refractivity contribution >= 4 is 39.1 Å². The molecular formula is C27H31N3O4S2. The highest BCUT2D eigenvalue weighted by Crippen LogP contribution is 2.26. The third-order valence-electron chi connectivity index (χ3n) is 6.34. The molecule has 0 radical (unpaired) electrons. The van der Waals surface area contributed by atoms with E-state index in [1.165, 1.54) is 4.31 Å². The minimum Gasteiger partial charge on any atom is -0.497 e. The largest absolute Gasteiger partial charge is 0.497 e. The van der Waals surface area contributed by atoms with E-state index in [9.17, 15) is 13.2 Å². The van der Waals surface area contributed by atoms with Gasteiger partial charge in [0.05, 0.1) is 17.7 Å². The van der Waals surface area contributed by atoms with Crippen LogP contribution in [0.4, 0.5) is 11.4 Å². The lowest BCUT2D eigenvalue weighted by Crippen LogP contribution is -2.48. The van der Waals surface area contributed by atoms with Crippen LogP contribution in [0.25, 0.3) is 0 Å². The molecule has 1 aliphatic rings. The first-order valence-corrected chi connectivity index (χ1v) is 14.5. The zero-order valence-corrected chi connectivity index (χ0v) is 22.4. The van der Waals surface area contributed by atoms with Crippen molar-refractivity contribution in [3.63, 3.8) is 0 Å². The van der Waals surface area contributed by atoms with E-state index in [4.69, 9.17) is 4.74 Å². The molecule has 1 amide bonds. The molecule has 4 rings (SSSR count). The molecule has 1 saturated heterocycles. The summed E-state index contributed by atoms with van der Waals surface area (Å²) in [5.74, 6) is 0.772. The maximum Gasteiger partial charge on any atom is 0.264 e. The van der Waals surface area contributed by atoms with Crippen LogP contribution in [0.2, 0.25) is 0 Å². The Labute approximate surface area is 217 Å². The van der Waals surface area contributed by atoms with Crippen LogP contribution in [0.15, 0.2) is 82.6 Å². The van der Waals surface area contributed by atoms with E-state index in [1.807, 2.05) is 47.6 Å². The van der Waals surface area contributed by atoms with Gasteiger partial charge in [-0.25, -0.2) is 8.42 Å². The number of rotatable bonds is 8. The molecule has 0 bridgehead atoms. The van der Waals surface area contributed by atoms with E-state index >= 15 is 0 Å². The summed E-state index contributed by atoms with van der Waals surface area (Å²) in [5.41, 5.74) is 2.19. The van der Waals surface area contributed by atoms with Crippen molar-refractivity contribution in [2.75, 3.05) is 55.3 Å². The molecule has 3 aromatic rings. The second-order valence-electron chi connectivity index (χ2n) is 8.37. The fraction of sp³-hybridized carbons (Fsp3) is 0.296. The van der Waals surface area contributed by atoms with E-state index in [0.29, 0.717) is 24.3 Å². The first-order valence-electron chi connectivity index (χ1n) is 11.8. The number of nitrogens with zero attached hydrogens (tertiary/aromatic N) is 3. The van der Waals surface area contributed by atoms with Crippen molar-refractivity contribution in [3.05, 3.63) is 78.4 Å². The summed E-state index contributed by atoms with van der Waals surface area (Å²) >= 11 is 1.56. The van der Waals surface area contributed by atoms with Crippen LogP contribution in [0.1, 0.15) is 17.3 Å². The topological polar surface area (TPSA) is 70.2 Å². The van der Waals surface area contributed by atoms with Crippen LogP contribution < -0.4 is 13.9 Å². The van der Waals surface area contributed by atoms with Gasteiger partial charge in [-0.15, -0.1) is 11.8 Å². The molecule has 0 unspecified atom stereocenters. The zero-order chi connectivity index (χ0) is 25.7. The average molecular weight is 526 g/mol. The van der Waals surface area contributed by atoms with Crippen LogP contribution in [0.3, 0.4) is 0 Å². The minimum absolute atomic E-state index is 0.0468. The van der Waals surface area contributed by atoms with Crippen molar-refractivity contribution in [1.29, 1.82) is 0 Å². The van der Waals surface area contributed by atoms with Crippen LogP contribution in [0, 0.1) is 0 Å². The van der Waals surface area contributed by atoms with Gasteiger partial charge in [0.1, 0.15) is 5.75 Å². The first-order chi connectivity index (χ1) is 17.4.